The highest BCUT2D eigenvalue weighted by atomic mass is 32.2. The third kappa shape index (κ3) is 13.5. The van der Waals surface area contributed by atoms with Crippen molar-refractivity contribution in [1.82, 2.24) is 15.5 Å². The summed E-state index contributed by atoms with van der Waals surface area (Å²) in [4.78, 5) is 57.3. The molecule has 0 bridgehead atoms. The number of hydrogen-bond acceptors (Lipinski definition) is 7. The van der Waals surface area contributed by atoms with Gasteiger partial charge >= 0.3 is 0 Å². The normalized spacial score (nSPS) is 18.3. The van der Waals surface area contributed by atoms with E-state index in [-0.39, 0.29) is 46.9 Å². The Morgan fingerprint density at radius 2 is 1.38 bits per heavy atom. The summed E-state index contributed by atoms with van der Waals surface area (Å²) in [6, 6.07) is 18.3. The number of epoxide rings is 1. The van der Waals surface area contributed by atoms with E-state index in [9.17, 15) is 19.2 Å². The van der Waals surface area contributed by atoms with Gasteiger partial charge in [0.15, 0.2) is 11.6 Å². The molecule has 0 spiro atoms. The fourth-order valence-electron chi connectivity index (χ4n) is 5.77. The molecule has 8 nitrogen and oxygen atoms in total. The Morgan fingerprint density at radius 1 is 0.833 bits per heavy atom. The summed E-state index contributed by atoms with van der Waals surface area (Å²) in [5.74, 6) is -0.357. The Morgan fingerprint density at radius 3 is 1.92 bits per heavy atom. The average molecular weight is 680 g/mol. The predicted octanol–water partition coefficient (Wildman–Crippen LogP) is 5.52. The number of rotatable bonds is 22. The summed E-state index contributed by atoms with van der Waals surface area (Å²) >= 11 is 1.62. The van der Waals surface area contributed by atoms with E-state index < -0.39 is 23.6 Å². The highest BCUT2D eigenvalue weighted by Gasteiger charge is 2.50. The van der Waals surface area contributed by atoms with E-state index in [4.69, 9.17) is 4.74 Å². The lowest BCUT2D eigenvalue weighted by molar-refractivity contribution is -0.135. The Labute approximate surface area is 292 Å². The molecular formula is C39H57N3O5S. The summed E-state index contributed by atoms with van der Waals surface area (Å²) in [6.07, 6.45) is 2.67. The van der Waals surface area contributed by atoms with E-state index >= 15 is 0 Å². The maximum Gasteiger partial charge on any atom is 0.233 e. The van der Waals surface area contributed by atoms with Crippen molar-refractivity contribution < 1.29 is 23.9 Å². The maximum atomic E-state index is 14.1. The Hall–Kier alpha value is -3.01. The van der Waals surface area contributed by atoms with Gasteiger partial charge in [-0.25, -0.2) is 0 Å². The summed E-state index contributed by atoms with van der Waals surface area (Å²) in [5.41, 5.74) is 1.23. The Balaban J connectivity index is 1.79. The fourth-order valence-corrected chi connectivity index (χ4v) is 7.03. The van der Waals surface area contributed by atoms with Crippen LogP contribution in [0.1, 0.15) is 71.4 Å². The summed E-state index contributed by atoms with van der Waals surface area (Å²) in [6.45, 7) is 11.0. The lowest BCUT2D eigenvalue weighted by atomic mass is 9.87. The van der Waals surface area contributed by atoms with Crippen LogP contribution in [-0.2, 0) is 36.8 Å². The monoisotopic (exact) mass is 679 g/mol. The van der Waals surface area contributed by atoms with E-state index in [1.54, 1.807) is 18.7 Å². The summed E-state index contributed by atoms with van der Waals surface area (Å²) in [5, 5.41) is 5.81. The molecule has 1 fully saturated rings. The molecule has 2 amide bonds. The molecule has 1 aliphatic rings. The second-order valence-corrected chi connectivity index (χ2v) is 15.8. The average Bonchev–Trinajstić information content (AvgIpc) is 3.79. The molecule has 0 unspecified atom stereocenters. The predicted molar refractivity (Wildman–Crippen MR) is 195 cm³/mol. The first-order chi connectivity index (χ1) is 22.8. The third-order valence-electron chi connectivity index (χ3n) is 8.68. The van der Waals surface area contributed by atoms with E-state index in [1.807, 2.05) is 90.3 Å². The Bertz CT molecular complexity index is 1310. The SMILES string of the molecule is CC(C)C[C@H](NC(=O)[C@H](CCc1ccccc1)SCCN(C)C)C(=O)C[C@@H](Cc1ccccc1)C(=O)N[C@@H](CC(C)C)C(=O)[C@@]1(C)CO1. The van der Waals surface area contributed by atoms with Gasteiger partial charge in [0, 0.05) is 24.6 Å². The number of benzene rings is 2. The number of Topliss-reactive ketones (excluding diaryl/α,β-unsaturated/α-hetero) is 2. The second kappa shape index (κ2) is 19.2. The van der Waals surface area contributed by atoms with Gasteiger partial charge in [-0.2, -0.15) is 0 Å². The zero-order chi connectivity index (χ0) is 35.3. The van der Waals surface area contributed by atoms with Gasteiger partial charge in [0.05, 0.1) is 23.9 Å². The Kier molecular flexibility index (Phi) is 15.8. The molecule has 5 atom stereocenters. The third-order valence-corrected chi connectivity index (χ3v) is 9.95. The van der Waals surface area contributed by atoms with Gasteiger partial charge in [0.2, 0.25) is 11.8 Å². The van der Waals surface area contributed by atoms with Crippen LogP contribution < -0.4 is 10.6 Å². The van der Waals surface area contributed by atoms with Crippen molar-refractivity contribution in [2.45, 2.75) is 96.1 Å². The topological polar surface area (TPSA) is 108 Å². The van der Waals surface area contributed by atoms with Crippen LogP contribution in [0.25, 0.3) is 0 Å². The van der Waals surface area contributed by atoms with Crippen molar-refractivity contribution in [3.8, 4) is 0 Å². The van der Waals surface area contributed by atoms with Crippen LogP contribution >= 0.6 is 11.8 Å². The molecule has 2 aromatic carbocycles. The van der Waals surface area contributed by atoms with E-state index in [1.165, 1.54) is 5.56 Å². The van der Waals surface area contributed by atoms with Crippen molar-refractivity contribution in [3.63, 3.8) is 0 Å². The van der Waals surface area contributed by atoms with Crippen LogP contribution in [0.2, 0.25) is 0 Å². The molecule has 1 saturated heterocycles. The molecule has 9 heteroatoms. The molecule has 48 heavy (non-hydrogen) atoms. The molecule has 1 heterocycles. The quantitative estimate of drug-likeness (QED) is 0.158. The number of carbonyl (C=O) groups is 4. The largest absolute Gasteiger partial charge is 0.361 e. The number of hydrogen-bond donors (Lipinski definition) is 2. The molecule has 0 aromatic heterocycles. The van der Waals surface area contributed by atoms with Crippen LogP contribution in [0.4, 0.5) is 0 Å². The van der Waals surface area contributed by atoms with Crippen LogP contribution in [0.3, 0.4) is 0 Å². The molecular weight excluding hydrogens is 623 g/mol. The molecule has 1 aliphatic heterocycles. The van der Waals surface area contributed by atoms with Gasteiger partial charge in [0.25, 0.3) is 0 Å². The summed E-state index contributed by atoms with van der Waals surface area (Å²) < 4.78 is 5.43. The minimum Gasteiger partial charge on any atom is -0.361 e. The molecule has 0 aliphatic carbocycles. The second-order valence-electron chi connectivity index (χ2n) is 14.5. The van der Waals surface area contributed by atoms with Gasteiger partial charge in [-0.05, 0) is 76.1 Å². The lowest BCUT2D eigenvalue weighted by Gasteiger charge is -2.27. The zero-order valence-corrected chi connectivity index (χ0v) is 30.8. The van der Waals surface area contributed by atoms with Gasteiger partial charge in [-0.15, -0.1) is 11.8 Å². The van der Waals surface area contributed by atoms with Crippen molar-refractivity contribution in [2.24, 2.45) is 17.8 Å². The molecule has 3 rings (SSSR count). The lowest BCUT2D eigenvalue weighted by Crippen LogP contribution is -2.50. The first-order valence-electron chi connectivity index (χ1n) is 17.4. The number of ketones is 2. The van der Waals surface area contributed by atoms with E-state index in [0.29, 0.717) is 32.3 Å². The van der Waals surface area contributed by atoms with Gasteiger partial charge < -0.3 is 20.3 Å². The highest BCUT2D eigenvalue weighted by Crippen LogP contribution is 2.30. The van der Waals surface area contributed by atoms with Crippen molar-refractivity contribution >= 4 is 35.1 Å². The van der Waals surface area contributed by atoms with Crippen LogP contribution in [0.5, 0.6) is 0 Å². The molecule has 0 radical (unpaired) electrons. The fraction of sp³-hybridized carbons (Fsp3) is 0.590. The number of ether oxygens (including phenoxy) is 1. The van der Waals surface area contributed by atoms with Gasteiger partial charge in [0.1, 0.15) is 5.60 Å². The first kappa shape index (κ1) is 39.4. The van der Waals surface area contributed by atoms with Crippen molar-refractivity contribution in [2.75, 3.05) is 33.0 Å². The number of carbonyl (C=O) groups excluding carboxylic acids is 4. The maximum absolute atomic E-state index is 14.1. The number of aryl methyl sites for hydroxylation is 1. The molecule has 2 aromatic rings. The summed E-state index contributed by atoms with van der Waals surface area (Å²) in [7, 11) is 4.03. The molecule has 2 N–H and O–H groups in total. The number of nitrogens with one attached hydrogen (secondary N) is 2. The standard InChI is InChI=1S/C39H57N3O5S/c1-27(2)22-32(40-38(46)35(48-21-20-42(6)7)19-18-29-14-10-8-11-15-29)34(43)25-31(24-30-16-12-9-13-17-30)37(45)41-33(23-28(3)4)36(44)39(5)26-47-39/h8-17,27-28,31-33,35H,18-26H2,1-7H3,(H,40,46)(H,41,45)/t31-,32+,33+,35+,39-/m1/s1. The highest BCUT2D eigenvalue weighted by molar-refractivity contribution is 8.00. The van der Waals surface area contributed by atoms with Crippen LogP contribution in [-0.4, -0.2) is 84.2 Å². The van der Waals surface area contributed by atoms with Crippen LogP contribution in [0, 0.1) is 17.8 Å². The van der Waals surface area contributed by atoms with E-state index in [2.05, 4.69) is 27.7 Å². The molecule has 264 valence electrons. The zero-order valence-electron chi connectivity index (χ0n) is 30.0. The van der Waals surface area contributed by atoms with E-state index in [0.717, 1.165) is 24.3 Å². The minimum absolute atomic E-state index is 0.0444. The van der Waals surface area contributed by atoms with Gasteiger partial charge in [-0.3, -0.25) is 19.2 Å². The first-order valence-corrected chi connectivity index (χ1v) is 18.5. The van der Waals surface area contributed by atoms with Crippen molar-refractivity contribution in [1.29, 1.82) is 0 Å². The number of nitrogens with zero attached hydrogens (tertiary/aromatic N) is 1. The number of thioether (sulfide) groups is 1. The van der Waals surface area contributed by atoms with Crippen molar-refractivity contribution in [3.05, 3.63) is 71.8 Å². The number of amides is 2. The van der Waals surface area contributed by atoms with Gasteiger partial charge in [-0.1, -0.05) is 88.4 Å². The molecule has 0 saturated carbocycles. The van der Waals surface area contributed by atoms with Crippen LogP contribution in [0.15, 0.2) is 60.7 Å². The smallest absolute Gasteiger partial charge is 0.233 e. The minimum atomic E-state index is -0.869.